The van der Waals surface area contributed by atoms with E-state index >= 15 is 0 Å². The minimum atomic E-state index is -0.169. The van der Waals surface area contributed by atoms with Crippen molar-refractivity contribution in [2.24, 2.45) is 0 Å². The average Bonchev–Trinajstić information content (AvgIpc) is 2.88. The second kappa shape index (κ2) is 8.45. The van der Waals surface area contributed by atoms with Crippen LogP contribution < -0.4 is 0 Å². The van der Waals surface area contributed by atoms with Gasteiger partial charge >= 0.3 is 5.97 Å². The molecule has 1 aliphatic rings. The normalized spacial score (nSPS) is 21.2. The molecule has 106 valence electrons. The van der Waals surface area contributed by atoms with Crippen molar-refractivity contribution in [3.05, 3.63) is 0 Å². The smallest absolute Gasteiger partial charge is 0.306 e. The molecule has 0 aromatic rings. The van der Waals surface area contributed by atoms with Crippen LogP contribution in [0.4, 0.5) is 0 Å². The van der Waals surface area contributed by atoms with Crippen LogP contribution in [0.15, 0.2) is 0 Å². The van der Waals surface area contributed by atoms with Gasteiger partial charge < -0.3 is 14.2 Å². The summed E-state index contributed by atoms with van der Waals surface area (Å²) in [7, 11) is 3.12. The monoisotopic (exact) mass is 259 g/mol. The van der Waals surface area contributed by atoms with E-state index in [0.717, 1.165) is 32.5 Å². The first kappa shape index (κ1) is 15.4. The van der Waals surface area contributed by atoms with Crippen LogP contribution in [0, 0.1) is 0 Å². The van der Waals surface area contributed by atoms with E-state index in [-0.39, 0.29) is 12.1 Å². The first-order valence-electron chi connectivity index (χ1n) is 6.59. The van der Waals surface area contributed by atoms with Crippen molar-refractivity contribution in [3.8, 4) is 0 Å². The Labute approximate surface area is 109 Å². The van der Waals surface area contributed by atoms with Gasteiger partial charge in [-0.05, 0) is 19.8 Å². The summed E-state index contributed by atoms with van der Waals surface area (Å²) < 4.78 is 15.6. The van der Waals surface area contributed by atoms with E-state index in [9.17, 15) is 4.79 Å². The van der Waals surface area contributed by atoms with Gasteiger partial charge in [-0.25, -0.2) is 0 Å². The first-order valence-corrected chi connectivity index (χ1v) is 6.59. The van der Waals surface area contributed by atoms with Crippen molar-refractivity contribution >= 4 is 5.97 Å². The Morgan fingerprint density at radius 1 is 1.50 bits per heavy atom. The zero-order chi connectivity index (χ0) is 13.4. The quantitative estimate of drug-likeness (QED) is 0.610. The average molecular weight is 259 g/mol. The minimum absolute atomic E-state index is 0.157. The van der Waals surface area contributed by atoms with Crippen LogP contribution in [0.1, 0.15) is 26.2 Å². The van der Waals surface area contributed by atoms with Crippen molar-refractivity contribution in [3.63, 3.8) is 0 Å². The number of carbonyl (C=O) groups excluding carboxylic acids is 1. The van der Waals surface area contributed by atoms with Gasteiger partial charge in [0.25, 0.3) is 0 Å². The van der Waals surface area contributed by atoms with E-state index in [1.807, 2.05) is 6.92 Å². The largest absolute Gasteiger partial charge is 0.469 e. The molecule has 1 aliphatic heterocycles. The molecule has 18 heavy (non-hydrogen) atoms. The molecule has 0 radical (unpaired) electrons. The van der Waals surface area contributed by atoms with E-state index in [2.05, 4.69) is 9.64 Å². The summed E-state index contributed by atoms with van der Waals surface area (Å²) >= 11 is 0. The van der Waals surface area contributed by atoms with Crippen molar-refractivity contribution in [2.45, 2.75) is 38.4 Å². The van der Waals surface area contributed by atoms with Crippen LogP contribution in [0.2, 0.25) is 0 Å². The maximum Gasteiger partial charge on any atom is 0.306 e. The van der Waals surface area contributed by atoms with Crippen LogP contribution in [-0.2, 0) is 19.0 Å². The van der Waals surface area contributed by atoms with Crippen molar-refractivity contribution in [2.75, 3.05) is 40.5 Å². The fourth-order valence-corrected chi connectivity index (χ4v) is 2.12. The zero-order valence-corrected chi connectivity index (χ0v) is 11.7. The number of carbonyl (C=O) groups is 1. The molecule has 0 spiro atoms. The highest BCUT2D eigenvalue weighted by atomic mass is 16.5. The Kier molecular flexibility index (Phi) is 7.23. The Morgan fingerprint density at radius 3 is 2.83 bits per heavy atom. The molecule has 0 N–H and O–H groups in total. The third-order valence-electron chi connectivity index (χ3n) is 3.26. The maximum atomic E-state index is 11.2. The SMILES string of the molecule is COC(=O)CCN(CC(C)OC)CC1CCCO1. The summed E-state index contributed by atoms with van der Waals surface area (Å²) in [6.45, 7) is 5.26. The summed E-state index contributed by atoms with van der Waals surface area (Å²) in [6.07, 6.45) is 3.11. The molecule has 5 nitrogen and oxygen atoms in total. The number of ether oxygens (including phenoxy) is 3. The van der Waals surface area contributed by atoms with Crippen LogP contribution in [0.5, 0.6) is 0 Å². The molecule has 0 aliphatic carbocycles. The van der Waals surface area contributed by atoms with Gasteiger partial charge in [0.1, 0.15) is 0 Å². The predicted octanol–water partition coefficient (Wildman–Crippen LogP) is 1.07. The molecule has 1 heterocycles. The molecule has 5 heteroatoms. The highest BCUT2D eigenvalue weighted by molar-refractivity contribution is 5.69. The van der Waals surface area contributed by atoms with Gasteiger partial charge in [-0.3, -0.25) is 9.69 Å². The lowest BCUT2D eigenvalue weighted by atomic mass is 10.2. The highest BCUT2D eigenvalue weighted by Crippen LogP contribution is 2.14. The van der Waals surface area contributed by atoms with Crippen LogP contribution in [0.3, 0.4) is 0 Å². The zero-order valence-electron chi connectivity index (χ0n) is 11.7. The number of methoxy groups -OCH3 is 2. The Balaban J connectivity index is 2.37. The number of esters is 1. The third kappa shape index (κ3) is 5.80. The first-order chi connectivity index (χ1) is 8.65. The topological polar surface area (TPSA) is 48.0 Å². The molecule has 0 saturated carbocycles. The van der Waals surface area contributed by atoms with Crippen LogP contribution in [-0.4, -0.2) is 63.5 Å². The maximum absolute atomic E-state index is 11.2. The Hall–Kier alpha value is -0.650. The van der Waals surface area contributed by atoms with Gasteiger partial charge in [0.2, 0.25) is 0 Å². The summed E-state index contributed by atoms with van der Waals surface area (Å²) in [5.41, 5.74) is 0. The minimum Gasteiger partial charge on any atom is -0.469 e. The standard InChI is InChI=1S/C13H25NO4/c1-11(16-2)9-14(7-6-13(15)17-3)10-12-5-4-8-18-12/h11-12H,4-10H2,1-3H3. The van der Waals surface area contributed by atoms with E-state index in [1.54, 1.807) is 7.11 Å². The van der Waals surface area contributed by atoms with E-state index in [1.165, 1.54) is 7.11 Å². The summed E-state index contributed by atoms with van der Waals surface area (Å²) in [5.74, 6) is -0.169. The number of nitrogens with zero attached hydrogens (tertiary/aromatic N) is 1. The Morgan fingerprint density at radius 2 is 2.28 bits per heavy atom. The summed E-state index contributed by atoms with van der Waals surface area (Å²) in [6, 6.07) is 0. The molecule has 0 bridgehead atoms. The fourth-order valence-electron chi connectivity index (χ4n) is 2.12. The second-order valence-electron chi connectivity index (χ2n) is 4.77. The molecule has 2 atom stereocenters. The number of hydrogen-bond donors (Lipinski definition) is 0. The van der Waals surface area contributed by atoms with Crippen molar-refractivity contribution < 1.29 is 19.0 Å². The summed E-state index contributed by atoms with van der Waals surface area (Å²) in [4.78, 5) is 13.4. The number of rotatable bonds is 8. The van der Waals surface area contributed by atoms with Gasteiger partial charge in [-0.15, -0.1) is 0 Å². The predicted molar refractivity (Wildman–Crippen MR) is 68.5 cm³/mol. The molecule has 1 saturated heterocycles. The highest BCUT2D eigenvalue weighted by Gasteiger charge is 2.21. The third-order valence-corrected chi connectivity index (χ3v) is 3.26. The molecule has 0 aromatic heterocycles. The fraction of sp³-hybridized carbons (Fsp3) is 0.923. The molecule has 1 rings (SSSR count). The van der Waals surface area contributed by atoms with E-state index in [4.69, 9.17) is 9.47 Å². The van der Waals surface area contributed by atoms with Crippen molar-refractivity contribution in [1.82, 2.24) is 4.90 Å². The molecular formula is C13H25NO4. The molecule has 2 unspecified atom stereocenters. The molecule has 0 amide bonds. The lowest BCUT2D eigenvalue weighted by Crippen LogP contribution is -2.39. The van der Waals surface area contributed by atoms with Gasteiger partial charge in [-0.1, -0.05) is 0 Å². The van der Waals surface area contributed by atoms with Crippen LogP contribution in [0.25, 0.3) is 0 Å². The molecular weight excluding hydrogens is 234 g/mol. The van der Waals surface area contributed by atoms with Gasteiger partial charge in [-0.2, -0.15) is 0 Å². The van der Waals surface area contributed by atoms with Gasteiger partial charge in [0.05, 0.1) is 25.7 Å². The van der Waals surface area contributed by atoms with Gasteiger partial charge in [0.15, 0.2) is 0 Å². The molecule has 1 fully saturated rings. The van der Waals surface area contributed by atoms with Crippen molar-refractivity contribution in [1.29, 1.82) is 0 Å². The lowest BCUT2D eigenvalue weighted by molar-refractivity contribution is -0.141. The second-order valence-corrected chi connectivity index (χ2v) is 4.77. The Bertz CT molecular complexity index is 241. The van der Waals surface area contributed by atoms with Crippen LogP contribution >= 0.6 is 0 Å². The van der Waals surface area contributed by atoms with E-state index < -0.39 is 0 Å². The summed E-state index contributed by atoms with van der Waals surface area (Å²) in [5, 5.41) is 0. The molecule has 0 aromatic carbocycles. The van der Waals surface area contributed by atoms with E-state index in [0.29, 0.717) is 19.1 Å². The lowest BCUT2D eigenvalue weighted by Gasteiger charge is -2.27. The number of hydrogen-bond acceptors (Lipinski definition) is 5. The van der Waals surface area contributed by atoms with Gasteiger partial charge in [0, 0.05) is 33.4 Å².